The second-order valence-corrected chi connectivity index (χ2v) is 4.01. The maximum Gasteiger partial charge on any atom is 0.131 e. The van der Waals surface area contributed by atoms with Crippen LogP contribution in [-0.2, 0) is 0 Å². The summed E-state index contributed by atoms with van der Waals surface area (Å²) in [6.07, 6.45) is 0. The summed E-state index contributed by atoms with van der Waals surface area (Å²) in [6.45, 7) is 0. The minimum absolute atomic E-state index is 0.282. The molecule has 0 N–H and O–H groups in total. The van der Waals surface area contributed by atoms with Gasteiger partial charge in [0.15, 0.2) is 0 Å². The van der Waals surface area contributed by atoms with Gasteiger partial charge in [-0.05, 0) is 29.8 Å². The Morgan fingerprint density at radius 2 is 1.47 bits per heavy atom. The number of halogens is 3. The Balaban J connectivity index is 2.59. The van der Waals surface area contributed by atoms with E-state index in [1.807, 2.05) is 0 Å². The second kappa shape index (κ2) is 4.21. The summed E-state index contributed by atoms with van der Waals surface area (Å²) in [4.78, 5) is 0. The highest BCUT2D eigenvalue weighted by Crippen LogP contribution is 2.28. The molecule has 2 aromatic carbocycles. The zero-order chi connectivity index (χ0) is 10.8. The summed E-state index contributed by atoms with van der Waals surface area (Å²) in [5.74, 6) is -0.282. The van der Waals surface area contributed by atoms with Gasteiger partial charge >= 0.3 is 0 Å². The Kier molecular flexibility index (Phi) is 2.94. The third-order valence-electron chi connectivity index (χ3n) is 2.05. The predicted molar refractivity (Wildman–Crippen MR) is 61.9 cm³/mol. The van der Waals surface area contributed by atoms with Gasteiger partial charge in [-0.1, -0.05) is 41.4 Å². The molecule has 0 fully saturated rings. The SMILES string of the molecule is Fc1ccccc1-c1cc(Cl)cc(Cl)c1. The molecule has 0 spiro atoms. The van der Waals surface area contributed by atoms with E-state index in [0.717, 1.165) is 0 Å². The van der Waals surface area contributed by atoms with Crippen LogP contribution in [0.5, 0.6) is 0 Å². The van der Waals surface area contributed by atoms with Crippen molar-refractivity contribution < 1.29 is 4.39 Å². The quantitative estimate of drug-likeness (QED) is 0.672. The van der Waals surface area contributed by atoms with Crippen LogP contribution in [-0.4, -0.2) is 0 Å². The van der Waals surface area contributed by atoms with Crippen molar-refractivity contribution in [3.63, 3.8) is 0 Å². The monoisotopic (exact) mass is 240 g/mol. The first-order chi connectivity index (χ1) is 7.16. The minimum atomic E-state index is -0.282. The van der Waals surface area contributed by atoms with Gasteiger partial charge in [-0.3, -0.25) is 0 Å². The molecule has 0 radical (unpaired) electrons. The van der Waals surface area contributed by atoms with E-state index in [-0.39, 0.29) is 5.82 Å². The number of benzene rings is 2. The molecule has 0 aliphatic carbocycles. The summed E-state index contributed by atoms with van der Waals surface area (Å²) >= 11 is 11.7. The highest BCUT2D eigenvalue weighted by molar-refractivity contribution is 6.35. The van der Waals surface area contributed by atoms with Crippen LogP contribution in [0.2, 0.25) is 10.0 Å². The van der Waals surface area contributed by atoms with Gasteiger partial charge in [-0.2, -0.15) is 0 Å². The molecule has 0 saturated carbocycles. The molecule has 0 aliphatic rings. The van der Waals surface area contributed by atoms with Crippen molar-refractivity contribution in [2.24, 2.45) is 0 Å². The van der Waals surface area contributed by atoms with E-state index >= 15 is 0 Å². The fourth-order valence-corrected chi connectivity index (χ4v) is 1.93. The largest absolute Gasteiger partial charge is 0.206 e. The average molecular weight is 241 g/mol. The first kappa shape index (κ1) is 10.5. The zero-order valence-electron chi connectivity index (χ0n) is 7.68. The molecule has 15 heavy (non-hydrogen) atoms. The van der Waals surface area contributed by atoms with Gasteiger partial charge in [0.1, 0.15) is 5.82 Å². The topological polar surface area (TPSA) is 0 Å². The fourth-order valence-electron chi connectivity index (χ4n) is 1.40. The van der Waals surface area contributed by atoms with Gasteiger partial charge in [0.05, 0.1) is 0 Å². The molecular formula is C12H7Cl2F. The molecule has 2 aromatic rings. The van der Waals surface area contributed by atoms with E-state index < -0.39 is 0 Å². The van der Waals surface area contributed by atoms with E-state index in [2.05, 4.69) is 0 Å². The van der Waals surface area contributed by atoms with Gasteiger partial charge in [0, 0.05) is 15.6 Å². The Bertz CT molecular complexity index is 474. The lowest BCUT2D eigenvalue weighted by molar-refractivity contribution is 0.631. The first-order valence-electron chi connectivity index (χ1n) is 4.38. The van der Waals surface area contributed by atoms with Crippen LogP contribution >= 0.6 is 23.2 Å². The highest BCUT2D eigenvalue weighted by Gasteiger charge is 2.05. The molecule has 0 aromatic heterocycles. The molecule has 76 valence electrons. The summed E-state index contributed by atoms with van der Waals surface area (Å²) < 4.78 is 13.5. The summed E-state index contributed by atoms with van der Waals surface area (Å²) in [5, 5.41) is 1.00. The maximum atomic E-state index is 13.5. The molecule has 0 heterocycles. The predicted octanol–water partition coefficient (Wildman–Crippen LogP) is 4.80. The average Bonchev–Trinajstić information content (AvgIpc) is 2.16. The van der Waals surface area contributed by atoms with Crippen molar-refractivity contribution in [1.82, 2.24) is 0 Å². The van der Waals surface area contributed by atoms with Crippen LogP contribution in [0, 0.1) is 5.82 Å². The van der Waals surface area contributed by atoms with Crippen molar-refractivity contribution in [3.05, 3.63) is 58.3 Å². The molecule has 0 unspecified atom stereocenters. The number of hydrogen-bond acceptors (Lipinski definition) is 0. The maximum absolute atomic E-state index is 13.5. The molecule has 2 rings (SSSR count). The standard InChI is InChI=1S/C12H7Cl2F/c13-9-5-8(6-10(14)7-9)11-3-1-2-4-12(11)15/h1-7H. The van der Waals surface area contributed by atoms with Crippen molar-refractivity contribution in [1.29, 1.82) is 0 Å². The lowest BCUT2D eigenvalue weighted by atomic mass is 10.1. The smallest absolute Gasteiger partial charge is 0.131 e. The van der Waals surface area contributed by atoms with Crippen LogP contribution in [0.4, 0.5) is 4.39 Å². The van der Waals surface area contributed by atoms with Gasteiger partial charge in [-0.25, -0.2) is 4.39 Å². The van der Waals surface area contributed by atoms with Crippen molar-refractivity contribution >= 4 is 23.2 Å². The van der Waals surface area contributed by atoms with E-state index in [0.29, 0.717) is 21.2 Å². The molecule has 0 aliphatic heterocycles. The van der Waals surface area contributed by atoms with E-state index in [1.54, 1.807) is 36.4 Å². The van der Waals surface area contributed by atoms with Crippen LogP contribution in [0.15, 0.2) is 42.5 Å². The molecule has 0 nitrogen and oxygen atoms in total. The van der Waals surface area contributed by atoms with Crippen molar-refractivity contribution in [2.45, 2.75) is 0 Å². The number of rotatable bonds is 1. The molecule has 3 heteroatoms. The first-order valence-corrected chi connectivity index (χ1v) is 5.13. The summed E-state index contributed by atoms with van der Waals surface area (Å²) in [6, 6.07) is 11.5. The molecular weight excluding hydrogens is 234 g/mol. The minimum Gasteiger partial charge on any atom is -0.206 e. The second-order valence-electron chi connectivity index (χ2n) is 3.14. The van der Waals surface area contributed by atoms with E-state index in [9.17, 15) is 4.39 Å². The highest BCUT2D eigenvalue weighted by atomic mass is 35.5. The van der Waals surface area contributed by atoms with Gasteiger partial charge in [0.25, 0.3) is 0 Å². The Labute approximate surface area is 97.3 Å². The molecule has 0 saturated heterocycles. The lowest BCUT2D eigenvalue weighted by Gasteiger charge is -2.04. The van der Waals surface area contributed by atoms with Gasteiger partial charge in [0.2, 0.25) is 0 Å². The molecule has 0 amide bonds. The van der Waals surface area contributed by atoms with Crippen molar-refractivity contribution in [3.8, 4) is 11.1 Å². The Morgan fingerprint density at radius 1 is 0.867 bits per heavy atom. The summed E-state index contributed by atoms with van der Waals surface area (Å²) in [5.41, 5.74) is 1.19. The van der Waals surface area contributed by atoms with Gasteiger partial charge < -0.3 is 0 Å². The normalized spacial score (nSPS) is 10.3. The summed E-state index contributed by atoms with van der Waals surface area (Å²) in [7, 11) is 0. The third-order valence-corrected chi connectivity index (χ3v) is 2.48. The van der Waals surface area contributed by atoms with Gasteiger partial charge in [-0.15, -0.1) is 0 Å². The molecule has 0 atom stereocenters. The Morgan fingerprint density at radius 3 is 2.07 bits per heavy atom. The van der Waals surface area contributed by atoms with E-state index in [1.165, 1.54) is 6.07 Å². The Hall–Kier alpha value is -1.05. The van der Waals surface area contributed by atoms with Crippen molar-refractivity contribution in [2.75, 3.05) is 0 Å². The van der Waals surface area contributed by atoms with Crippen LogP contribution in [0.1, 0.15) is 0 Å². The lowest BCUT2D eigenvalue weighted by Crippen LogP contribution is -1.83. The molecule has 0 bridgehead atoms. The van der Waals surface area contributed by atoms with Crippen LogP contribution in [0.3, 0.4) is 0 Å². The van der Waals surface area contributed by atoms with E-state index in [4.69, 9.17) is 23.2 Å². The number of hydrogen-bond donors (Lipinski definition) is 0. The fraction of sp³-hybridized carbons (Fsp3) is 0. The zero-order valence-corrected chi connectivity index (χ0v) is 9.19. The van der Waals surface area contributed by atoms with Crippen LogP contribution in [0.25, 0.3) is 11.1 Å². The third kappa shape index (κ3) is 2.31. The van der Waals surface area contributed by atoms with Crippen LogP contribution < -0.4 is 0 Å².